The summed E-state index contributed by atoms with van der Waals surface area (Å²) in [6.45, 7) is 2.22. The molecule has 0 N–H and O–H groups in total. The Morgan fingerprint density at radius 3 is 2.73 bits per heavy atom. The highest BCUT2D eigenvalue weighted by molar-refractivity contribution is 6.18. The Bertz CT molecular complexity index is 350. The molecule has 0 amide bonds. The first-order valence-corrected chi connectivity index (χ1v) is 5.45. The Kier molecular flexibility index (Phi) is 3.22. The normalized spacial score (nSPS) is 17.8. The number of rotatable bonds is 3. The van der Waals surface area contributed by atoms with Gasteiger partial charge in [0.2, 0.25) is 0 Å². The Morgan fingerprint density at radius 2 is 2.07 bits per heavy atom. The van der Waals surface area contributed by atoms with Crippen LogP contribution in [0.1, 0.15) is 5.56 Å². The summed E-state index contributed by atoms with van der Waals surface area (Å²) >= 11 is 5.67. The summed E-state index contributed by atoms with van der Waals surface area (Å²) in [5, 5.41) is 0. The minimum Gasteiger partial charge on any atom is -0.298 e. The van der Waals surface area contributed by atoms with Crippen molar-refractivity contribution in [1.82, 2.24) is 4.90 Å². The third-order valence-electron chi connectivity index (χ3n) is 2.68. The van der Waals surface area contributed by atoms with E-state index in [1.165, 1.54) is 6.07 Å². The number of halogens is 3. The molecule has 0 unspecified atom stereocenters. The molecule has 4 heteroatoms. The van der Waals surface area contributed by atoms with Crippen molar-refractivity contribution in [3.05, 3.63) is 35.4 Å². The molecule has 1 aromatic rings. The summed E-state index contributed by atoms with van der Waals surface area (Å²) in [6.07, 6.45) is 0. The monoisotopic (exact) mass is 231 g/mol. The van der Waals surface area contributed by atoms with Crippen LogP contribution in [0.5, 0.6) is 0 Å². The van der Waals surface area contributed by atoms with E-state index >= 15 is 0 Å². The maximum atomic E-state index is 13.3. The van der Waals surface area contributed by atoms with Crippen LogP contribution in [0, 0.1) is 17.6 Å². The molecule has 82 valence electrons. The minimum absolute atomic E-state index is 0.419. The SMILES string of the molecule is Fc1cccc(CN2CC(CCl)C2)c1F. The van der Waals surface area contributed by atoms with Gasteiger partial charge in [0.1, 0.15) is 0 Å². The van der Waals surface area contributed by atoms with Gasteiger partial charge in [-0.3, -0.25) is 4.90 Å². The molecule has 15 heavy (non-hydrogen) atoms. The lowest BCUT2D eigenvalue weighted by Gasteiger charge is -2.38. The average molecular weight is 232 g/mol. The molecule has 0 atom stereocenters. The highest BCUT2D eigenvalue weighted by Gasteiger charge is 2.26. The minimum atomic E-state index is -0.776. The maximum absolute atomic E-state index is 13.3. The van der Waals surface area contributed by atoms with Crippen molar-refractivity contribution in [1.29, 1.82) is 0 Å². The zero-order chi connectivity index (χ0) is 10.8. The van der Waals surface area contributed by atoms with Crippen LogP contribution >= 0.6 is 11.6 Å². The summed E-state index contributed by atoms with van der Waals surface area (Å²) in [5.41, 5.74) is 0.419. The molecule has 1 fully saturated rings. The van der Waals surface area contributed by atoms with Crippen LogP contribution in [-0.4, -0.2) is 23.9 Å². The Balaban J connectivity index is 1.97. The van der Waals surface area contributed by atoms with E-state index in [2.05, 4.69) is 4.90 Å². The molecule has 0 aromatic heterocycles. The lowest BCUT2D eigenvalue weighted by molar-refractivity contribution is 0.105. The van der Waals surface area contributed by atoms with Gasteiger partial charge in [0.25, 0.3) is 0 Å². The first-order valence-electron chi connectivity index (χ1n) is 4.92. The molecule has 0 bridgehead atoms. The lowest BCUT2D eigenvalue weighted by Crippen LogP contribution is -2.46. The van der Waals surface area contributed by atoms with Gasteiger partial charge in [0.15, 0.2) is 11.6 Å². The van der Waals surface area contributed by atoms with E-state index in [9.17, 15) is 8.78 Å². The zero-order valence-electron chi connectivity index (χ0n) is 8.22. The predicted molar refractivity (Wildman–Crippen MR) is 55.8 cm³/mol. The summed E-state index contributed by atoms with van der Waals surface area (Å²) in [6, 6.07) is 4.29. The van der Waals surface area contributed by atoms with Crippen LogP contribution in [0.2, 0.25) is 0 Å². The Morgan fingerprint density at radius 1 is 1.33 bits per heavy atom. The van der Waals surface area contributed by atoms with E-state index in [4.69, 9.17) is 11.6 Å². The molecule has 1 aromatic carbocycles. The van der Waals surface area contributed by atoms with E-state index in [1.807, 2.05) is 0 Å². The second kappa shape index (κ2) is 4.45. The standard InChI is InChI=1S/C11H12ClF2N/c12-4-8-5-15(6-8)7-9-2-1-3-10(13)11(9)14/h1-3,8H,4-7H2. The fourth-order valence-electron chi connectivity index (χ4n) is 1.81. The number of likely N-dealkylation sites (tertiary alicyclic amines) is 1. The number of alkyl halides is 1. The molecule has 1 saturated heterocycles. The number of hydrogen-bond donors (Lipinski definition) is 0. The molecule has 0 spiro atoms. The average Bonchev–Trinajstić information content (AvgIpc) is 2.17. The van der Waals surface area contributed by atoms with Gasteiger partial charge in [-0.25, -0.2) is 8.78 Å². The van der Waals surface area contributed by atoms with Crippen molar-refractivity contribution in [3.8, 4) is 0 Å². The first kappa shape index (κ1) is 10.8. The quantitative estimate of drug-likeness (QED) is 0.723. The summed E-state index contributed by atoms with van der Waals surface area (Å²) < 4.78 is 26.2. The predicted octanol–water partition coefficient (Wildman–Crippen LogP) is 2.64. The van der Waals surface area contributed by atoms with Gasteiger partial charge in [-0.05, 0) is 12.0 Å². The molecule has 1 nitrogen and oxygen atoms in total. The van der Waals surface area contributed by atoms with Crippen LogP contribution in [-0.2, 0) is 6.54 Å². The molecule has 0 radical (unpaired) electrons. The highest BCUT2D eigenvalue weighted by Crippen LogP contribution is 2.21. The van der Waals surface area contributed by atoms with Crippen molar-refractivity contribution >= 4 is 11.6 Å². The largest absolute Gasteiger partial charge is 0.298 e. The van der Waals surface area contributed by atoms with Gasteiger partial charge in [-0.15, -0.1) is 11.6 Å². The highest BCUT2D eigenvalue weighted by atomic mass is 35.5. The Labute approximate surface area is 92.6 Å². The molecule has 0 saturated carbocycles. The van der Waals surface area contributed by atoms with Crippen LogP contribution < -0.4 is 0 Å². The Hall–Kier alpha value is -0.670. The van der Waals surface area contributed by atoms with Crippen LogP contribution in [0.15, 0.2) is 18.2 Å². The molecular weight excluding hydrogens is 220 g/mol. The summed E-state index contributed by atoms with van der Waals surface area (Å²) in [5.74, 6) is -0.362. The van der Waals surface area contributed by atoms with Gasteiger partial charge in [-0.2, -0.15) is 0 Å². The van der Waals surface area contributed by atoms with Gasteiger partial charge < -0.3 is 0 Å². The van der Waals surface area contributed by atoms with Crippen molar-refractivity contribution in [3.63, 3.8) is 0 Å². The first-order chi connectivity index (χ1) is 7.20. The smallest absolute Gasteiger partial charge is 0.163 e. The summed E-state index contributed by atoms with van der Waals surface area (Å²) in [7, 11) is 0. The zero-order valence-corrected chi connectivity index (χ0v) is 8.97. The molecule has 1 aliphatic heterocycles. The van der Waals surface area contributed by atoms with Gasteiger partial charge >= 0.3 is 0 Å². The molecule has 1 heterocycles. The van der Waals surface area contributed by atoms with Crippen molar-refractivity contribution < 1.29 is 8.78 Å². The molecule has 0 aliphatic carbocycles. The van der Waals surface area contributed by atoms with Crippen molar-refractivity contribution in [2.24, 2.45) is 5.92 Å². The van der Waals surface area contributed by atoms with Crippen molar-refractivity contribution in [2.75, 3.05) is 19.0 Å². The van der Waals surface area contributed by atoms with E-state index in [0.717, 1.165) is 19.2 Å². The lowest BCUT2D eigenvalue weighted by atomic mass is 10.0. The second-order valence-electron chi connectivity index (χ2n) is 3.93. The number of nitrogens with zero attached hydrogens (tertiary/aromatic N) is 1. The number of hydrogen-bond acceptors (Lipinski definition) is 1. The second-order valence-corrected chi connectivity index (χ2v) is 4.24. The molecular formula is C11H12ClF2N. The maximum Gasteiger partial charge on any atom is 0.163 e. The van der Waals surface area contributed by atoms with Crippen LogP contribution in [0.25, 0.3) is 0 Å². The van der Waals surface area contributed by atoms with Gasteiger partial charge in [0, 0.05) is 31.1 Å². The van der Waals surface area contributed by atoms with Crippen LogP contribution in [0.3, 0.4) is 0 Å². The summed E-state index contributed by atoms with van der Waals surface area (Å²) in [4.78, 5) is 2.06. The topological polar surface area (TPSA) is 3.24 Å². The van der Waals surface area contributed by atoms with E-state index < -0.39 is 11.6 Å². The third kappa shape index (κ3) is 2.29. The van der Waals surface area contributed by atoms with E-state index in [-0.39, 0.29) is 0 Å². The van der Waals surface area contributed by atoms with Gasteiger partial charge in [0.05, 0.1) is 0 Å². The third-order valence-corrected chi connectivity index (χ3v) is 3.11. The fraction of sp³-hybridized carbons (Fsp3) is 0.455. The molecule has 2 rings (SSSR count). The van der Waals surface area contributed by atoms with Gasteiger partial charge in [-0.1, -0.05) is 12.1 Å². The van der Waals surface area contributed by atoms with E-state index in [0.29, 0.717) is 23.9 Å². The molecule has 1 aliphatic rings. The number of benzene rings is 1. The van der Waals surface area contributed by atoms with E-state index in [1.54, 1.807) is 6.07 Å². The van der Waals surface area contributed by atoms with Crippen LogP contribution in [0.4, 0.5) is 8.78 Å². The van der Waals surface area contributed by atoms with Crippen molar-refractivity contribution in [2.45, 2.75) is 6.54 Å². The fourth-order valence-corrected chi connectivity index (χ4v) is 2.01.